The van der Waals surface area contributed by atoms with Crippen molar-refractivity contribution in [2.24, 2.45) is 0 Å². The average molecular weight is 575 g/mol. The molecule has 6 fully saturated rings. The van der Waals surface area contributed by atoms with Gasteiger partial charge in [0.05, 0.1) is 53.4 Å². The molecule has 6 heteroatoms. The van der Waals surface area contributed by atoms with Gasteiger partial charge in [0.15, 0.2) is 0 Å². The van der Waals surface area contributed by atoms with E-state index in [1.807, 2.05) is 0 Å². The van der Waals surface area contributed by atoms with Gasteiger partial charge in [0.25, 0.3) is 0 Å². The second-order valence-corrected chi connectivity index (χ2v) is 14.5. The topological polar surface area (TPSA) is 40.6 Å². The first-order chi connectivity index (χ1) is 20.1. The molecule has 6 aliphatic heterocycles. The zero-order valence-electron chi connectivity index (χ0n) is 26.7. The molecule has 0 aliphatic carbocycles. The number of carbonyl (C=O) groups is 2. The average Bonchev–Trinajstić information content (AvgIpc) is 2.99. The molecule has 4 bridgehead atoms. The highest BCUT2D eigenvalue weighted by molar-refractivity contribution is 5.73. The molecular formula is C36H54N4O2+2. The lowest BCUT2D eigenvalue weighted by atomic mass is 9.71. The van der Waals surface area contributed by atoms with Crippen molar-refractivity contribution in [1.82, 2.24) is 9.80 Å². The zero-order valence-corrected chi connectivity index (χ0v) is 26.7. The van der Waals surface area contributed by atoms with Crippen LogP contribution in [0.25, 0.3) is 0 Å². The Labute approximate surface area is 254 Å². The van der Waals surface area contributed by atoms with Crippen molar-refractivity contribution >= 4 is 11.8 Å². The van der Waals surface area contributed by atoms with E-state index >= 15 is 0 Å². The van der Waals surface area contributed by atoms with E-state index in [2.05, 4.69) is 84.6 Å². The van der Waals surface area contributed by atoms with Crippen molar-refractivity contribution in [2.45, 2.75) is 63.2 Å². The first kappa shape index (κ1) is 30.7. The second kappa shape index (κ2) is 12.5. The van der Waals surface area contributed by atoms with Crippen LogP contribution < -0.4 is 0 Å². The fourth-order valence-corrected chi connectivity index (χ4v) is 8.23. The lowest BCUT2D eigenvalue weighted by molar-refractivity contribution is -0.916. The van der Waals surface area contributed by atoms with Crippen LogP contribution in [0.2, 0.25) is 0 Å². The molecule has 0 atom stereocenters. The summed E-state index contributed by atoms with van der Waals surface area (Å²) in [7, 11) is 4.80. The highest BCUT2D eigenvalue weighted by atomic mass is 16.2. The molecule has 0 saturated carbocycles. The molecule has 0 aromatic heterocycles. The maximum Gasteiger partial charge on any atom is 0.219 e. The van der Waals surface area contributed by atoms with Crippen LogP contribution >= 0.6 is 0 Å². The molecular weight excluding hydrogens is 520 g/mol. The minimum atomic E-state index is 0.000427. The number of piperidine rings is 2. The summed E-state index contributed by atoms with van der Waals surface area (Å²) in [5.41, 5.74) is 2.76. The van der Waals surface area contributed by atoms with Gasteiger partial charge in [-0.05, 0) is 11.1 Å². The van der Waals surface area contributed by atoms with Gasteiger partial charge in [-0.15, -0.1) is 0 Å². The Bertz CT molecular complexity index is 1100. The first-order valence-electron chi connectivity index (χ1n) is 16.4. The SMILES string of the molecule is CC(=O)N1CCC[N+]2(C)CCC(c3ccccc3)(CC2)CN(C(C)=O)CCC[N+]2(C)CCC(c3ccccc3)(CC2)C1. The van der Waals surface area contributed by atoms with Gasteiger partial charge in [-0.3, -0.25) is 9.59 Å². The van der Waals surface area contributed by atoms with Gasteiger partial charge in [-0.2, -0.15) is 0 Å². The third-order valence-electron chi connectivity index (χ3n) is 11.4. The number of hydrogen-bond donors (Lipinski definition) is 0. The van der Waals surface area contributed by atoms with E-state index < -0.39 is 0 Å². The molecule has 0 unspecified atom stereocenters. The van der Waals surface area contributed by atoms with Gasteiger partial charge in [0.1, 0.15) is 0 Å². The highest BCUT2D eigenvalue weighted by Gasteiger charge is 2.45. The van der Waals surface area contributed by atoms with Gasteiger partial charge in [-0.1, -0.05) is 60.7 Å². The Balaban J connectivity index is 1.44. The van der Waals surface area contributed by atoms with Crippen LogP contribution in [0.4, 0.5) is 0 Å². The van der Waals surface area contributed by atoms with Crippen LogP contribution in [0.5, 0.6) is 0 Å². The summed E-state index contributed by atoms with van der Waals surface area (Å²) in [4.78, 5) is 30.4. The minimum Gasteiger partial charge on any atom is -0.342 e. The molecule has 6 nitrogen and oxygen atoms in total. The molecule has 0 spiro atoms. The van der Waals surface area contributed by atoms with E-state index in [1.54, 1.807) is 13.8 Å². The van der Waals surface area contributed by atoms with E-state index in [0.717, 1.165) is 113 Å². The molecule has 8 rings (SSSR count). The standard InChI is InChI=1S/C36H54N4O2/c1-31(41)37-21-11-23-39(3)27-19-36(20-28-39,34-15-9-6-10-16-34)30-38(32(2)42)22-12-24-40(4)25-17-35(29-37,18-26-40)33-13-7-5-8-14-33/h5-10,13-16H,11-12,17-30H2,1-4H3/q+2. The number of quaternary nitrogens is 2. The molecule has 2 amide bonds. The Hall–Kier alpha value is -2.70. The van der Waals surface area contributed by atoms with Crippen molar-refractivity contribution < 1.29 is 18.6 Å². The van der Waals surface area contributed by atoms with E-state index in [0.29, 0.717) is 0 Å². The third kappa shape index (κ3) is 6.75. The van der Waals surface area contributed by atoms with E-state index in [1.165, 1.54) is 11.1 Å². The Morgan fingerprint density at radius 3 is 1.21 bits per heavy atom. The predicted molar refractivity (Wildman–Crippen MR) is 170 cm³/mol. The van der Waals surface area contributed by atoms with Crippen molar-refractivity contribution in [2.75, 3.05) is 79.5 Å². The molecule has 228 valence electrons. The first-order valence-corrected chi connectivity index (χ1v) is 16.4. The van der Waals surface area contributed by atoms with Gasteiger partial charge in [-0.25, -0.2) is 0 Å². The fourth-order valence-electron chi connectivity index (χ4n) is 8.23. The van der Waals surface area contributed by atoms with Crippen LogP contribution in [-0.4, -0.2) is 110 Å². The number of nitrogens with zero attached hydrogens (tertiary/aromatic N) is 4. The van der Waals surface area contributed by atoms with Crippen LogP contribution in [0, 0.1) is 0 Å². The summed E-state index contributed by atoms with van der Waals surface area (Å²) in [5, 5.41) is 0. The molecule has 0 radical (unpaired) electrons. The Morgan fingerprint density at radius 2 is 0.905 bits per heavy atom. The number of rotatable bonds is 2. The molecule has 0 N–H and O–H groups in total. The summed E-state index contributed by atoms with van der Waals surface area (Å²) in [6.45, 7) is 13.4. The van der Waals surface area contributed by atoms with E-state index in [4.69, 9.17) is 0 Å². The molecule has 2 aromatic rings. The van der Waals surface area contributed by atoms with Crippen molar-refractivity contribution in [3.8, 4) is 0 Å². The van der Waals surface area contributed by atoms with Gasteiger partial charge in [0, 0.05) is 89.4 Å². The summed E-state index contributed by atoms with van der Waals surface area (Å²) >= 11 is 0. The van der Waals surface area contributed by atoms with Crippen LogP contribution in [0.3, 0.4) is 0 Å². The van der Waals surface area contributed by atoms with Crippen LogP contribution in [0.1, 0.15) is 63.5 Å². The maximum atomic E-state index is 13.0. The molecule has 6 heterocycles. The minimum absolute atomic E-state index is 0.000427. The molecule has 42 heavy (non-hydrogen) atoms. The zero-order chi connectivity index (χ0) is 29.8. The smallest absolute Gasteiger partial charge is 0.219 e. The van der Waals surface area contributed by atoms with E-state index in [9.17, 15) is 9.59 Å². The Morgan fingerprint density at radius 1 is 0.571 bits per heavy atom. The summed E-state index contributed by atoms with van der Waals surface area (Å²) in [6, 6.07) is 22.0. The van der Waals surface area contributed by atoms with Gasteiger partial charge in [0.2, 0.25) is 11.8 Å². The molecule has 6 saturated heterocycles. The fraction of sp³-hybridized carbons (Fsp3) is 0.611. The van der Waals surface area contributed by atoms with Crippen molar-refractivity contribution in [3.63, 3.8) is 0 Å². The highest BCUT2D eigenvalue weighted by Crippen LogP contribution is 2.40. The van der Waals surface area contributed by atoms with E-state index in [-0.39, 0.29) is 22.6 Å². The molecule has 6 aliphatic rings. The summed E-state index contributed by atoms with van der Waals surface area (Å²) in [5.74, 6) is 0.410. The lowest BCUT2D eigenvalue weighted by Gasteiger charge is -2.50. The lowest BCUT2D eigenvalue weighted by Crippen LogP contribution is -2.59. The monoisotopic (exact) mass is 574 g/mol. The number of amides is 2. The number of benzene rings is 2. The largest absolute Gasteiger partial charge is 0.342 e. The predicted octanol–water partition coefficient (Wildman–Crippen LogP) is 4.83. The van der Waals surface area contributed by atoms with Crippen molar-refractivity contribution in [1.29, 1.82) is 0 Å². The van der Waals surface area contributed by atoms with Crippen molar-refractivity contribution in [3.05, 3.63) is 71.8 Å². The quantitative estimate of drug-likeness (QED) is 0.482. The van der Waals surface area contributed by atoms with Gasteiger partial charge < -0.3 is 18.8 Å². The summed E-state index contributed by atoms with van der Waals surface area (Å²) in [6.07, 6.45) is 6.37. The second-order valence-electron chi connectivity index (χ2n) is 14.5. The number of hydrogen-bond acceptors (Lipinski definition) is 2. The van der Waals surface area contributed by atoms with Crippen LogP contribution in [0.15, 0.2) is 60.7 Å². The van der Waals surface area contributed by atoms with Crippen LogP contribution in [-0.2, 0) is 20.4 Å². The van der Waals surface area contributed by atoms with Gasteiger partial charge >= 0.3 is 0 Å². The Kier molecular flexibility index (Phi) is 9.15. The summed E-state index contributed by atoms with van der Waals surface area (Å²) < 4.78 is 2.08. The third-order valence-corrected chi connectivity index (χ3v) is 11.4. The maximum absolute atomic E-state index is 13.0. The normalized spacial score (nSPS) is 33.1. The molecule has 2 aromatic carbocycles. The number of carbonyl (C=O) groups excluding carboxylic acids is 2.